The van der Waals surface area contributed by atoms with Gasteiger partial charge in [0.15, 0.2) is 9.84 Å². The van der Waals surface area contributed by atoms with Crippen molar-refractivity contribution in [2.45, 2.75) is 58.2 Å². The molecule has 7 heteroatoms. The first-order valence-electron chi connectivity index (χ1n) is 7.40. The molecule has 2 aliphatic rings. The van der Waals surface area contributed by atoms with Gasteiger partial charge in [-0.1, -0.05) is 13.8 Å². The number of nitrogens with zero attached hydrogens (tertiary/aromatic N) is 1. The van der Waals surface area contributed by atoms with Gasteiger partial charge in [-0.3, -0.25) is 9.59 Å². The predicted molar refractivity (Wildman–Crippen MR) is 79.4 cm³/mol. The van der Waals surface area contributed by atoms with Crippen molar-refractivity contribution in [2.75, 3.05) is 11.5 Å². The molecule has 6 nitrogen and oxygen atoms in total. The second kappa shape index (κ2) is 5.26. The lowest BCUT2D eigenvalue weighted by molar-refractivity contribution is -0.158. The van der Waals surface area contributed by atoms with Gasteiger partial charge in [0.1, 0.15) is 11.6 Å². The van der Waals surface area contributed by atoms with Gasteiger partial charge in [-0.15, -0.1) is 0 Å². The van der Waals surface area contributed by atoms with E-state index in [0.29, 0.717) is 12.8 Å². The van der Waals surface area contributed by atoms with Crippen LogP contribution < -0.4 is 5.32 Å². The Hall–Kier alpha value is -1.11. The molecule has 2 unspecified atom stereocenters. The number of nitrogens with one attached hydrogen (secondary N) is 1. The van der Waals surface area contributed by atoms with E-state index in [0.717, 1.165) is 0 Å². The first kappa shape index (κ1) is 16.3. The lowest BCUT2D eigenvalue weighted by Gasteiger charge is -2.48. The van der Waals surface area contributed by atoms with Crippen molar-refractivity contribution >= 4 is 21.7 Å². The molecule has 120 valence electrons. The van der Waals surface area contributed by atoms with Gasteiger partial charge in [-0.2, -0.15) is 0 Å². The quantitative estimate of drug-likeness (QED) is 0.795. The Kier molecular flexibility index (Phi) is 4.08. The van der Waals surface area contributed by atoms with Crippen molar-refractivity contribution in [3.05, 3.63) is 0 Å². The second-order valence-corrected chi connectivity index (χ2v) is 9.15. The molecule has 2 amide bonds. The third kappa shape index (κ3) is 3.07. The maximum atomic E-state index is 12.7. The molecule has 21 heavy (non-hydrogen) atoms. The number of carbonyl (C=O) groups is 2. The zero-order valence-corrected chi connectivity index (χ0v) is 13.9. The normalized spacial score (nSPS) is 32.1. The molecule has 1 N–H and O–H groups in total. The lowest BCUT2D eigenvalue weighted by Crippen LogP contribution is -2.72. The Morgan fingerprint density at radius 3 is 2.43 bits per heavy atom. The zero-order chi connectivity index (χ0) is 16.0. The van der Waals surface area contributed by atoms with Gasteiger partial charge in [0.25, 0.3) is 0 Å². The predicted octanol–water partition coefficient (Wildman–Crippen LogP) is 0.325. The summed E-state index contributed by atoms with van der Waals surface area (Å²) in [6.45, 7) is 7.07. The van der Waals surface area contributed by atoms with Gasteiger partial charge in [0.05, 0.1) is 11.5 Å². The van der Waals surface area contributed by atoms with Gasteiger partial charge in [0, 0.05) is 6.04 Å². The van der Waals surface area contributed by atoms with E-state index < -0.39 is 27.5 Å². The van der Waals surface area contributed by atoms with Crippen LogP contribution in [0.25, 0.3) is 0 Å². The first-order valence-corrected chi connectivity index (χ1v) is 9.22. The number of piperazine rings is 1. The topological polar surface area (TPSA) is 83.6 Å². The summed E-state index contributed by atoms with van der Waals surface area (Å²) in [5.41, 5.74) is -0.982. The highest BCUT2D eigenvalue weighted by molar-refractivity contribution is 7.91. The Bertz CT molecular complexity index is 553. The maximum absolute atomic E-state index is 12.7. The number of hydrogen-bond donors (Lipinski definition) is 1. The van der Waals surface area contributed by atoms with Crippen molar-refractivity contribution in [3.8, 4) is 0 Å². The number of amides is 2. The van der Waals surface area contributed by atoms with E-state index in [4.69, 9.17) is 0 Å². The standard InChI is InChI=1S/C14H24N2O4S/c1-9(2)11-12(17)15-14(3,4)13(18)16(11)10-6-5-7-21(19,20)8-10/h9-11H,5-8H2,1-4H3,(H,15,17). The average molecular weight is 316 g/mol. The molecule has 0 aliphatic carbocycles. The van der Waals surface area contributed by atoms with E-state index in [2.05, 4.69) is 5.32 Å². The van der Waals surface area contributed by atoms with E-state index in [-0.39, 0.29) is 29.2 Å². The summed E-state index contributed by atoms with van der Waals surface area (Å²) < 4.78 is 23.8. The molecule has 2 saturated heterocycles. The van der Waals surface area contributed by atoms with Gasteiger partial charge < -0.3 is 10.2 Å². The van der Waals surface area contributed by atoms with Crippen molar-refractivity contribution in [2.24, 2.45) is 5.92 Å². The Balaban J connectivity index is 2.39. The highest BCUT2D eigenvalue weighted by atomic mass is 32.2. The van der Waals surface area contributed by atoms with Crippen LogP contribution in [0.2, 0.25) is 0 Å². The minimum absolute atomic E-state index is 0.0364. The molecule has 2 heterocycles. The van der Waals surface area contributed by atoms with Crippen molar-refractivity contribution in [1.82, 2.24) is 10.2 Å². The Labute approximate surface area is 126 Å². The van der Waals surface area contributed by atoms with Crippen molar-refractivity contribution in [3.63, 3.8) is 0 Å². The molecule has 2 rings (SSSR count). The third-order valence-corrected chi connectivity index (χ3v) is 6.04. The highest BCUT2D eigenvalue weighted by Crippen LogP contribution is 2.29. The molecular weight excluding hydrogens is 292 g/mol. The monoisotopic (exact) mass is 316 g/mol. The molecule has 2 aliphatic heterocycles. The summed E-state index contributed by atoms with van der Waals surface area (Å²) in [7, 11) is -3.13. The fraction of sp³-hybridized carbons (Fsp3) is 0.857. The molecule has 0 spiro atoms. The van der Waals surface area contributed by atoms with Crippen LogP contribution >= 0.6 is 0 Å². The van der Waals surface area contributed by atoms with Crippen LogP contribution in [-0.2, 0) is 19.4 Å². The summed E-state index contributed by atoms with van der Waals surface area (Å²) >= 11 is 0. The zero-order valence-electron chi connectivity index (χ0n) is 13.0. The van der Waals surface area contributed by atoms with Crippen molar-refractivity contribution < 1.29 is 18.0 Å². The van der Waals surface area contributed by atoms with Crippen LogP contribution in [0.15, 0.2) is 0 Å². The molecule has 2 atom stereocenters. The molecule has 0 saturated carbocycles. The summed E-state index contributed by atoms with van der Waals surface area (Å²) in [4.78, 5) is 26.6. The van der Waals surface area contributed by atoms with Crippen LogP contribution in [0.4, 0.5) is 0 Å². The average Bonchev–Trinajstić information content (AvgIpc) is 2.30. The van der Waals surface area contributed by atoms with E-state index >= 15 is 0 Å². The van der Waals surface area contributed by atoms with Crippen LogP contribution in [-0.4, -0.2) is 54.3 Å². The van der Waals surface area contributed by atoms with Gasteiger partial charge in [0.2, 0.25) is 11.8 Å². The minimum Gasteiger partial charge on any atom is -0.340 e. The summed E-state index contributed by atoms with van der Waals surface area (Å²) in [5, 5.41) is 2.75. The molecule has 0 aromatic rings. The lowest BCUT2D eigenvalue weighted by atomic mass is 9.89. The fourth-order valence-electron chi connectivity index (χ4n) is 3.25. The van der Waals surface area contributed by atoms with Crippen LogP contribution in [0.1, 0.15) is 40.5 Å². The molecule has 2 fully saturated rings. The largest absolute Gasteiger partial charge is 0.340 e. The fourth-order valence-corrected chi connectivity index (χ4v) is 4.93. The number of sulfone groups is 1. The SMILES string of the molecule is CC(C)C1C(=O)NC(C)(C)C(=O)N1C1CCCS(=O)(=O)C1. The van der Waals surface area contributed by atoms with Crippen LogP contribution in [0, 0.1) is 5.92 Å². The van der Waals surface area contributed by atoms with Crippen molar-refractivity contribution in [1.29, 1.82) is 0 Å². The minimum atomic E-state index is -3.13. The van der Waals surface area contributed by atoms with Crippen LogP contribution in [0.3, 0.4) is 0 Å². The summed E-state index contributed by atoms with van der Waals surface area (Å²) in [6, 6.07) is -0.988. The van der Waals surface area contributed by atoms with E-state index in [9.17, 15) is 18.0 Å². The molecule has 0 bridgehead atoms. The smallest absolute Gasteiger partial charge is 0.248 e. The van der Waals surface area contributed by atoms with E-state index in [1.807, 2.05) is 13.8 Å². The molecule has 0 radical (unpaired) electrons. The van der Waals surface area contributed by atoms with E-state index in [1.165, 1.54) is 0 Å². The molecular formula is C14H24N2O4S. The maximum Gasteiger partial charge on any atom is 0.248 e. The molecule has 0 aromatic heterocycles. The van der Waals surface area contributed by atoms with Gasteiger partial charge in [-0.25, -0.2) is 8.42 Å². The highest BCUT2D eigenvalue weighted by Gasteiger charge is 2.49. The van der Waals surface area contributed by atoms with Gasteiger partial charge in [-0.05, 0) is 32.6 Å². The Morgan fingerprint density at radius 2 is 1.90 bits per heavy atom. The summed E-state index contributed by atoms with van der Waals surface area (Å²) in [6.07, 6.45) is 1.18. The van der Waals surface area contributed by atoms with Crippen LogP contribution in [0.5, 0.6) is 0 Å². The summed E-state index contributed by atoms with van der Waals surface area (Å²) in [5.74, 6) is -0.311. The third-order valence-electron chi connectivity index (χ3n) is 4.24. The first-order chi connectivity index (χ1) is 9.55. The molecule has 0 aromatic carbocycles. The number of hydrogen-bond acceptors (Lipinski definition) is 4. The van der Waals surface area contributed by atoms with E-state index in [1.54, 1.807) is 18.7 Å². The Morgan fingerprint density at radius 1 is 1.29 bits per heavy atom. The number of rotatable bonds is 2. The second-order valence-electron chi connectivity index (χ2n) is 6.93. The van der Waals surface area contributed by atoms with Gasteiger partial charge >= 0.3 is 0 Å². The number of carbonyl (C=O) groups excluding carboxylic acids is 2.